The van der Waals surface area contributed by atoms with Gasteiger partial charge in [-0.05, 0) is 25.8 Å². The van der Waals surface area contributed by atoms with E-state index in [1.807, 2.05) is 32.3 Å². The second kappa shape index (κ2) is 7.15. The maximum Gasteiger partial charge on any atom is 0.270 e. The first-order valence-electron chi connectivity index (χ1n) is 7.21. The van der Waals surface area contributed by atoms with Gasteiger partial charge in [-0.25, -0.2) is 0 Å². The van der Waals surface area contributed by atoms with Crippen LogP contribution in [-0.2, 0) is 4.79 Å². The van der Waals surface area contributed by atoms with E-state index in [1.165, 1.54) is 4.90 Å². The van der Waals surface area contributed by atoms with Gasteiger partial charge in [0.2, 0.25) is 5.91 Å². The highest BCUT2D eigenvalue weighted by Gasteiger charge is 2.20. The Morgan fingerprint density at radius 2 is 1.95 bits per heavy atom. The average molecular weight is 294 g/mol. The number of likely N-dealkylation sites (N-methyl/N-ethyl adjacent to an activating group) is 1. The molecule has 1 rings (SSSR count). The van der Waals surface area contributed by atoms with E-state index in [1.54, 1.807) is 19.3 Å². The van der Waals surface area contributed by atoms with Crippen molar-refractivity contribution < 1.29 is 9.59 Å². The SMILES string of the molecule is CC(C)CNC(=O)CN(C)C(=O)c1cc(N)cn1C(C)C. The van der Waals surface area contributed by atoms with Crippen LogP contribution in [0.4, 0.5) is 5.69 Å². The topological polar surface area (TPSA) is 80.4 Å². The Hall–Kier alpha value is -1.98. The predicted molar refractivity (Wildman–Crippen MR) is 84.0 cm³/mol. The minimum Gasteiger partial charge on any atom is -0.397 e. The van der Waals surface area contributed by atoms with E-state index < -0.39 is 0 Å². The standard InChI is InChI=1S/C15H26N4O2/c1-10(2)7-17-14(20)9-18(5)15(21)13-6-12(16)8-19(13)11(3)4/h6,8,10-11H,7,9,16H2,1-5H3,(H,17,20). The van der Waals surface area contributed by atoms with E-state index in [0.29, 0.717) is 23.8 Å². The Morgan fingerprint density at radius 3 is 2.48 bits per heavy atom. The monoisotopic (exact) mass is 294 g/mol. The summed E-state index contributed by atoms with van der Waals surface area (Å²) in [5.74, 6) is 0.0169. The fourth-order valence-corrected chi connectivity index (χ4v) is 1.96. The number of rotatable bonds is 6. The first-order chi connectivity index (χ1) is 9.72. The Balaban J connectivity index is 2.72. The van der Waals surface area contributed by atoms with Crippen molar-refractivity contribution in [2.45, 2.75) is 33.7 Å². The molecule has 6 nitrogen and oxygen atoms in total. The van der Waals surface area contributed by atoms with Crippen LogP contribution in [0.15, 0.2) is 12.3 Å². The van der Waals surface area contributed by atoms with Crippen molar-refractivity contribution in [1.82, 2.24) is 14.8 Å². The van der Waals surface area contributed by atoms with E-state index >= 15 is 0 Å². The van der Waals surface area contributed by atoms with Crippen LogP contribution in [-0.4, -0.2) is 41.4 Å². The molecule has 1 aromatic rings. The smallest absolute Gasteiger partial charge is 0.270 e. The zero-order valence-corrected chi connectivity index (χ0v) is 13.5. The van der Waals surface area contributed by atoms with Crippen molar-refractivity contribution in [1.29, 1.82) is 0 Å². The minimum absolute atomic E-state index is 0.0364. The van der Waals surface area contributed by atoms with Crippen LogP contribution < -0.4 is 11.1 Å². The van der Waals surface area contributed by atoms with Gasteiger partial charge in [0.15, 0.2) is 0 Å². The summed E-state index contributed by atoms with van der Waals surface area (Å²) >= 11 is 0. The number of carbonyl (C=O) groups is 2. The van der Waals surface area contributed by atoms with Crippen LogP contribution in [0.2, 0.25) is 0 Å². The van der Waals surface area contributed by atoms with Gasteiger partial charge in [-0.15, -0.1) is 0 Å². The molecule has 3 N–H and O–H groups in total. The fraction of sp³-hybridized carbons (Fsp3) is 0.600. The largest absolute Gasteiger partial charge is 0.397 e. The quantitative estimate of drug-likeness (QED) is 0.834. The first kappa shape index (κ1) is 17.1. The van der Waals surface area contributed by atoms with Crippen LogP contribution in [0, 0.1) is 5.92 Å². The lowest BCUT2D eigenvalue weighted by atomic mass is 10.2. The van der Waals surface area contributed by atoms with Gasteiger partial charge >= 0.3 is 0 Å². The molecule has 118 valence electrons. The third-order valence-corrected chi connectivity index (χ3v) is 3.08. The van der Waals surface area contributed by atoms with Crippen LogP contribution in [0.5, 0.6) is 0 Å². The van der Waals surface area contributed by atoms with Crippen molar-refractivity contribution in [2.75, 3.05) is 25.9 Å². The van der Waals surface area contributed by atoms with Crippen molar-refractivity contribution in [3.63, 3.8) is 0 Å². The highest BCUT2D eigenvalue weighted by Crippen LogP contribution is 2.17. The number of nitrogens with two attached hydrogens (primary N) is 1. The summed E-state index contributed by atoms with van der Waals surface area (Å²) in [4.78, 5) is 25.6. The van der Waals surface area contributed by atoms with Crippen LogP contribution in [0.1, 0.15) is 44.2 Å². The van der Waals surface area contributed by atoms with Gasteiger partial charge < -0.3 is 20.5 Å². The van der Waals surface area contributed by atoms with Gasteiger partial charge in [-0.3, -0.25) is 9.59 Å². The molecule has 0 atom stereocenters. The number of hydrogen-bond acceptors (Lipinski definition) is 3. The van der Waals surface area contributed by atoms with Crippen LogP contribution >= 0.6 is 0 Å². The van der Waals surface area contributed by atoms with Gasteiger partial charge in [0.1, 0.15) is 5.69 Å². The molecule has 0 fully saturated rings. The molecule has 21 heavy (non-hydrogen) atoms. The number of amides is 2. The summed E-state index contributed by atoms with van der Waals surface area (Å²) in [7, 11) is 1.62. The number of nitrogens with zero attached hydrogens (tertiary/aromatic N) is 2. The zero-order valence-electron chi connectivity index (χ0n) is 13.5. The lowest BCUT2D eigenvalue weighted by Crippen LogP contribution is -2.40. The Morgan fingerprint density at radius 1 is 1.33 bits per heavy atom. The molecule has 0 radical (unpaired) electrons. The third-order valence-electron chi connectivity index (χ3n) is 3.08. The number of hydrogen-bond donors (Lipinski definition) is 2. The van der Waals surface area contributed by atoms with Gasteiger partial charge in [-0.1, -0.05) is 13.8 Å². The molecule has 0 aliphatic carbocycles. The van der Waals surface area contributed by atoms with Gasteiger partial charge in [-0.2, -0.15) is 0 Å². The van der Waals surface area contributed by atoms with E-state index in [9.17, 15) is 9.59 Å². The third kappa shape index (κ3) is 4.81. The van der Waals surface area contributed by atoms with E-state index in [2.05, 4.69) is 5.32 Å². The van der Waals surface area contributed by atoms with Crippen molar-refractivity contribution in [3.8, 4) is 0 Å². The molecule has 0 saturated heterocycles. The van der Waals surface area contributed by atoms with Gasteiger partial charge in [0.25, 0.3) is 5.91 Å². The molecule has 0 aliphatic rings. The second-order valence-electron chi connectivity index (χ2n) is 6.02. The summed E-state index contributed by atoms with van der Waals surface area (Å²) in [6.45, 7) is 8.64. The van der Waals surface area contributed by atoms with Crippen molar-refractivity contribution in [3.05, 3.63) is 18.0 Å². The summed E-state index contributed by atoms with van der Waals surface area (Å²) in [6, 6.07) is 1.77. The van der Waals surface area contributed by atoms with Crippen molar-refractivity contribution in [2.24, 2.45) is 5.92 Å². The van der Waals surface area contributed by atoms with Crippen molar-refractivity contribution >= 4 is 17.5 Å². The van der Waals surface area contributed by atoms with E-state index in [0.717, 1.165) is 0 Å². The molecule has 1 heterocycles. The summed E-state index contributed by atoms with van der Waals surface area (Å²) < 4.78 is 1.82. The fourth-order valence-electron chi connectivity index (χ4n) is 1.96. The number of nitrogen functional groups attached to an aromatic ring is 1. The molecule has 0 unspecified atom stereocenters. The molecule has 0 aliphatic heterocycles. The highest BCUT2D eigenvalue weighted by atomic mass is 16.2. The maximum atomic E-state index is 12.4. The molecular weight excluding hydrogens is 268 g/mol. The second-order valence-corrected chi connectivity index (χ2v) is 6.02. The molecule has 0 spiro atoms. The zero-order chi connectivity index (χ0) is 16.2. The number of aromatic nitrogens is 1. The van der Waals surface area contributed by atoms with E-state index in [4.69, 9.17) is 5.73 Å². The van der Waals surface area contributed by atoms with Gasteiger partial charge in [0.05, 0.1) is 12.2 Å². The van der Waals surface area contributed by atoms with Crippen LogP contribution in [0.3, 0.4) is 0 Å². The normalized spacial score (nSPS) is 11.0. The molecule has 1 aromatic heterocycles. The molecule has 2 amide bonds. The summed E-state index contributed by atoms with van der Waals surface area (Å²) in [6.07, 6.45) is 1.74. The number of anilines is 1. The first-order valence-corrected chi connectivity index (χ1v) is 7.21. The summed E-state index contributed by atoms with van der Waals surface area (Å²) in [5, 5.41) is 2.80. The van der Waals surface area contributed by atoms with Crippen LogP contribution in [0.25, 0.3) is 0 Å². The Labute approximate surface area is 126 Å². The molecule has 0 aromatic carbocycles. The number of carbonyl (C=O) groups excluding carboxylic acids is 2. The molecule has 0 bridgehead atoms. The highest BCUT2D eigenvalue weighted by molar-refractivity contribution is 5.96. The minimum atomic E-state index is -0.208. The van der Waals surface area contributed by atoms with E-state index in [-0.39, 0.29) is 24.4 Å². The Bertz CT molecular complexity index is 506. The summed E-state index contributed by atoms with van der Waals surface area (Å²) in [5.41, 5.74) is 6.81. The van der Waals surface area contributed by atoms with Gasteiger partial charge in [0, 0.05) is 25.8 Å². The predicted octanol–water partition coefficient (Wildman–Crippen LogP) is 1.50. The Kier molecular flexibility index (Phi) is 5.81. The lowest BCUT2D eigenvalue weighted by Gasteiger charge is -2.19. The molecule has 0 saturated carbocycles. The average Bonchev–Trinajstić information content (AvgIpc) is 2.77. The molecular formula is C15H26N4O2. The molecule has 6 heteroatoms. The maximum absolute atomic E-state index is 12.4. The lowest BCUT2D eigenvalue weighted by molar-refractivity contribution is -0.121. The number of nitrogens with one attached hydrogen (secondary N) is 1.